The van der Waals surface area contributed by atoms with Gasteiger partial charge in [-0.15, -0.1) is 24.8 Å². The molecule has 0 saturated heterocycles. The number of allylic oxidation sites excluding steroid dienone is 4. The zero-order valence-electron chi connectivity index (χ0n) is 8.97. The van der Waals surface area contributed by atoms with Crippen LogP contribution in [-0.4, -0.2) is 0 Å². The van der Waals surface area contributed by atoms with Crippen LogP contribution in [0.4, 0.5) is 0 Å². The van der Waals surface area contributed by atoms with Crippen LogP contribution in [0.15, 0.2) is 46.4 Å². The topological polar surface area (TPSA) is 9.23 Å². The molecule has 0 aliphatic heterocycles. The van der Waals surface area contributed by atoms with Gasteiger partial charge in [0.05, 0.1) is 0 Å². The summed E-state index contributed by atoms with van der Waals surface area (Å²) < 4.78 is 7.25. The van der Waals surface area contributed by atoms with E-state index >= 15 is 0 Å². The number of halogens is 2. The molecule has 0 heterocycles. The Morgan fingerprint density at radius 2 is 2.06 bits per heavy atom. The Morgan fingerprint density at radius 3 is 2.69 bits per heavy atom. The minimum atomic E-state index is -0.405. The monoisotopic (exact) mass is 292 g/mol. The second-order valence-electron chi connectivity index (χ2n) is 3.34. The molecule has 0 atom stereocenters. The fourth-order valence-corrected chi connectivity index (χ4v) is 2.48. The van der Waals surface area contributed by atoms with Gasteiger partial charge in [-0.1, -0.05) is 0 Å². The summed E-state index contributed by atoms with van der Waals surface area (Å²) >= 11 is -0.405. The van der Waals surface area contributed by atoms with Crippen LogP contribution in [0.5, 0.6) is 5.75 Å². The molecule has 1 aliphatic rings. The van der Waals surface area contributed by atoms with Crippen molar-refractivity contribution in [2.75, 3.05) is 0 Å². The number of benzene rings is 1. The third-order valence-corrected chi connectivity index (χ3v) is 3.58. The first-order chi connectivity index (χ1) is 6.84. The molecule has 0 spiro atoms. The minimum Gasteiger partial charge on any atom is -0.147 e. The van der Waals surface area contributed by atoms with E-state index in [1.54, 1.807) is 0 Å². The van der Waals surface area contributed by atoms with Crippen molar-refractivity contribution in [3.63, 3.8) is 0 Å². The molecular weight excluding hydrogens is 279 g/mol. The van der Waals surface area contributed by atoms with Crippen LogP contribution < -0.4 is 3.32 Å². The molecule has 0 bridgehead atoms. The third-order valence-electron chi connectivity index (χ3n) is 2.06. The van der Waals surface area contributed by atoms with E-state index in [4.69, 9.17) is 3.32 Å². The van der Waals surface area contributed by atoms with Gasteiger partial charge in [0.15, 0.2) is 0 Å². The van der Waals surface area contributed by atoms with Crippen LogP contribution >= 0.6 is 24.8 Å². The number of hydrogen-bond donors (Lipinski definition) is 0. The Hall–Kier alpha value is -0.206. The van der Waals surface area contributed by atoms with Crippen molar-refractivity contribution < 1.29 is 22.9 Å². The fraction of sp³-hybridized carbons (Fsp3) is 0.167. The Balaban J connectivity index is 0.00000112. The Kier molecular flexibility index (Phi) is 7.87. The van der Waals surface area contributed by atoms with E-state index in [9.17, 15) is 0 Å². The molecule has 1 nitrogen and oxygen atoms in total. The first-order valence-corrected chi connectivity index (χ1v) is 6.12. The summed E-state index contributed by atoms with van der Waals surface area (Å²) in [5.41, 5.74) is 1.26. The van der Waals surface area contributed by atoms with Crippen molar-refractivity contribution in [1.29, 1.82) is 0 Å². The third kappa shape index (κ3) is 4.75. The van der Waals surface area contributed by atoms with Gasteiger partial charge in [-0.2, -0.15) is 0 Å². The summed E-state index contributed by atoms with van der Waals surface area (Å²) in [6, 6.07) is 8.24. The standard InChI is InChI=1S/C7H8O.C5H5.2ClH.Ti/c1-6-3-2-4-7(8)5-6;1-2-4-5-3-1;;;/h2-5,8H,1H3;1-3H,4H2;2*1H;/q;;;;+1/p-1. The average Bonchev–Trinajstić information content (AvgIpc) is 2.67. The van der Waals surface area contributed by atoms with E-state index in [2.05, 4.69) is 37.3 Å². The molecule has 0 aromatic heterocycles. The number of rotatable bonds is 3. The van der Waals surface area contributed by atoms with E-state index in [1.807, 2.05) is 12.1 Å². The first kappa shape index (κ1) is 15.8. The quantitative estimate of drug-likeness (QED) is 0.764. The fourth-order valence-electron chi connectivity index (χ4n) is 1.33. The molecule has 0 fully saturated rings. The van der Waals surface area contributed by atoms with E-state index in [-0.39, 0.29) is 24.8 Å². The number of hydrogen-bond acceptors (Lipinski definition) is 1. The summed E-state index contributed by atoms with van der Waals surface area (Å²) in [6.07, 6.45) is 7.55. The summed E-state index contributed by atoms with van der Waals surface area (Å²) in [7, 11) is 0. The Bertz CT molecular complexity index is 388. The molecule has 0 N–H and O–H groups in total. The molecule has 1 aromatic rings. The predicted molar refractivity (Wildman–Crippen MR) is 68.1 cm³/mol. The minimum absolute atomic E-state index is 0. The smallest absolute Gasteiger partial charge is 0.147 e. The molecule has 0 unspecified atom stereocenters. The van der Waals surface area contributed by atoms with Gasteiger partial charge in [-0.25, -0.2) is 0 Å². The molecule has 86 valence electrons. The maximum Gasteiger partial charge on any atom is -0.147 e. The van der Waals surface area contributed by atoms with Crippen molar-refractivity contribution in [2.45, 2.75) is 13.3 Å². The molecule has 1 aliphatic carbocycles. The van der Waals surface area contributed by atoms with Crippen LogP contribution in [-0.2, 0) is 19.5 Å². The van der Waals surface area contributed by atoms with Gasteiger partial charge in [-0.05, 0) is 0 Å². The molecule has 0 saturated carbocycles. The maximum absolute atomic E-state index is 5.79. The van der Waals surface area contributed by atoms with E-state index in [0.29, 0.717) is 0 Å². The summed E-state index contributed by atoms with van der Waals surface area (Å²) in [6.45, 7) is 2.09. The zero-order valence-corrected chi connectivity index (χ0v) is 12.2. The zero-order chi connectivity index (χ0) is 9.80. The van der Waals surface area contributed by atoms with Crippen molar-refractivity contribution in [3.8, 4) is 5.75 Å². The number of aryl methyl sites for hydroxylation is 1. The van der Waals surface area contributed by atoms with Gasteiger partial charge >= 0.3 is 93.9 Å². The average molecular weight is 293 g/mol. The summed E-state index contributed by atoms with van der Waals surface area (Å²) in [5.74, 6) is 1.01. The van der Waals surface area contributed by atoms with E-state index in [1.165, 1.54) is 9.44 Å². The molecular formula is C12H14Cl2OTi. The molecule has 2 rings (SSSR count). The normalized spacial score (nSPS) is 12.2. The molecule has 0 radical (unpaired) electrons. The van der Waals surface area contributed by atoms with Crippen LogP contribution in [0, 0.1) is 6.92 Å². The van der Waals surface area contributed by atoms with Crippen LogP contribution in [0.25, 0.3) is 0 Å². The van der Waals surface area contributed by atoms with Gasteiger partial charge in [0.25, 0.3) is 0 Å². The molecule has 1 aromatic carbocycles. The van der Waals surface area contributed by atoms with Gasteiger partial charge in [0.2, 0.25) is 0 Å². The van der Waals surface area contributed by atoms with Gasteiger partial charge in [0.1, 0.15) is 0 Å². The largest absolute Gasteiger partial charge is 0.147 e. The second kappa shape index (κ2) is 7.97. The van der Waals surface area contributed by atoms with Crippen LogP contribution in [0.2, 0.25) is 0 Å². The van der Waals surface area contributed by atoms with Crippen molar-refractivity contribution in [1.82, 2.24) is 0 Å². The van der Waals surface area contributed by atoms with Crippen LogP contribution in [0.3, 0.4) is 0 Å². The van der Waals surface area contributed by atoms with Gasteiger partial charge in [0, 0.05) is 0 Å². The van der Waals surface area contributed by atoms with Crippen molar-refractivity contribution in [2.24, 2.45) is 0 Å². The second-order valence-corrected chi connectivity index (χ2v) is 4.99. The SMILES string of the molecule is Cc1cccc([O][Ti][C]2=CC=CC2)c1.Cl.Cl. The molecule has 4 heteroatoms. The van der Waals surface area contributed by atoms with Crippen molar-refractivity contribution >= 4 is 24.8 Å². The van der Waals surface area contributed by atoms with E-state index in [0.717, 1.165) is 12.2 Å². The molecule has 0 amide bonds. The van der Waals surface area contributed by atoms with Gasteiger partial charge in [-0.3, -0.25) is 0 Å². The Labute approximate surface area is 118 Å². The van der Waals surface area contributed by atoms with Crippen molar-refractivity contribution in [3.05, 3.63) is 51.9 Å². The Morgan fingerprint density at radius 1 is 1.25 bits per heavy atom. The van der Waals surface area contributed by atoms with Crippen LogP contribution in [0.1, 0.15) is 12.0 Å². The molecule has 16 heavy (non-hydrogen) atoms. The maximum atomic E-state index is 5.79. The first-order valence-electron chi connectivity index (χ1n) is 4.70. The summed E-state index contributed by atoms with van der Waals surface area (Å²) in [4.78, 5) is 0. The van der Waals surface area contributed by atoms with E-state index < -0.39 is 19.5 Å². The predicted octanol–water partition coefficient (Wildman–Crippen LogP) is 4.06. The summed E-state index contributed by atoms with van der Waals surface area (Å²) in [5, 5.41) is 0. The van der Waals surface area contributed by atoms with Gasteiger partial charge < -0.3 is 0 Å².